The molecule has 0 saturated carbocycles. The van der Waals surface area contributed by atoms with Gasteiger partial charge in [0.05, 0.1) is 6.61 Å². The molecule has 1 atom stereocenters. The fraction of sp³-hybridized carbons (Fsp3) is 0.650. The first-order valence-corrected chi connectivity index (χ1v) is 10.1. The molecule has 3 heterocycles. The third-order valence-electron chi connectivity index (χ3n) is 5.34. The van der Waals surface area contributed by atoms with Crippen LogP contribution in [0.5, 0.6) is 11.5 Å². The number of likely N-dealkylation sites (tertiary alicyclic amines) is 1. The molecule has 148 valence electrons. The summed E-state index contributed by atoms with van der Waals surface area (Å²) in [5.74, 6) is 1.81. The summed E-state index contributed by atoms with van der Waals surface area (Å²) < 4.78 is 11.2. The van der Waals surface area contributed by atoms with Crippen LogP contribution in [-0.4, -0.2) is 67.9 Å². The van der Waals surface area contributed by atoms with E-state index in [-0.39, 0.29) is 11.9 Å². The lowest BCUT2D eigenvalue weighted by atomic mass is 10.0. The van der Waals surface area contributed by atoms with E-state index in [0.717, 1.165) is 69.1 Å². The van der Waals surface area contributed by atoms with Crippen LogP contribution in [0.15, 0.2) is 18.2 Å². The number of hydrogen-bond acceptors (Lipinski definition) is 6. The minimum absolute atomic E-state index is 0.220. The van der Waals surface area contributed by atoms with Gasteiger partial charge in [-0.25, -0.2) is 0 Å². The molecule has 27 heavy (non-hydrogen) atoms. The fourth-order valence-electron chi connectivity index (χ4n) is 3.89. The van der Waals surface area contributed by atoms with Crippen LogP contribution in [0.1, 0.15) is 32.1 Å². The second-order valence-electron chi connectivity index (χ2n) is 7.40. The van der Waals surface area contributed by atoms with Crippen molar-refractivity contribution in [3.8, 4) is 11.5 Å². The van der Waals surface area contributed by atoms with Crippen LogP contribution in [0.25, 0.3) is 0 Å². The highest BCUT2D eigenvalue weighted by Gasteiger charge is 2.24. The molecule has 0 spiro atoms. The highest BCUT2D eigenvalue weighted by molar-refractivity contribution is 5.76. The molecule has 3 aliphatic heterocycles. The van der Waals surface area contributed by atoms with Gasteiger partial charge in [0.25, 0.3) is 0 Å². The van der Waals surface area contributed by atoms with Gasteiger partial charge in [0.2, 0.25) is 5.91 Å². The lowest BCUT2D eigenvalue weighted by Gasteiger charge is -2.34. The second kappa shape index (κ2) is 8.80. The lowest BCUT2D eigenvalue weighted by Crippen LogP contribution is -2.46. The number of carbonyl (C=O) groups is 1. The van der Waals surface area contributed by atoms with E-state index in [1.54, 1.807) is 0 Å². The Bertz CT molecular complexity index is 648. The number of hydroxylamine groups is 2. The Labute approximate surface area is 160 Å². The van der Waals surface area contributed by atoms with E-state index in [0.29, 0.717) is 26.2 Å². The summed E-state index contributed by atoms with van der Waals surface area (Å²) in [6.45, 7) is 5.18. The van der Waals surface area contributed by atoms with Crippen molar-refractivity contribution in [3.63, 3.8) is 0 Å². The van der Waals surface area contributed by atoms with Gasteiger partial charge in [0, 0.05) is 50.4 Å². The van der Waals surface area contributed by atoms with E-state index in [2.05, 4.69) is 5.32 Å². The number of rotatable bonds is 5. The van der Waals surface area contributed by atoms with Gasteiger partial charge in [0.15, 0.2) is 11.5 Å². The molecule has 0 radical (unpaired) electrons. The summed E-state index contributed by atoms with van der Waals surface area (Å²) in [6.07, 6.45) is 4.88. The maximum Gasteiger partial charge on any atom is 0.224 e. The zero-order valence-corrected chi connectivity index (χ0v) is 15.8. The van der Waals surface area contributed by atoms with Crippen molar-refractivity contribution in [1.29, 1.82) is 0 Å². The van der Waals surface area contributed by atoms with Crippen molar-refractivity contribution >= 4 is 11.6 Å². The predicted octanol–water partition coefficient (Wildman–Crippen LogP) is 2.28. The fourth-order valence-corrected chi connectivity index (χ4v) is 3.89. The molecule has 1 unspecified atom stereocenters. The molecule has 2 fully saturated rings. The highest BCUT2D eigenvalue weighted by Crippen LogP contribution is 2.33. The summed E-state index contributed by atoms with van der Waals surface area (Å²) in [7, 11) is 0. The normalized spacial score (nSPS) is 23.1. The zero-order valence-electron chi connectivity index (χ0n) is 15.8. The minimum atomic E-state index is 0.220. The molecule has 0 aliphatic carbocycles. The van der Waals surface area contributed by atoms with Crippen LogP contribution in [0, 0.1) is 0 Å². The van der Waals surface area contributed by atoms with Gasteiger partial charge < -0.3 is 19.7 Å². The highest BCUT2D eigenvalue weighted by atomic mass is 16.7. The maximum absolute atomic E-state index is 12.6. The van der Waals surface area contributed by atoms with Gasteiger partial charge >= 0.3 is 0 Å². The Morgan fingerprint density at radius 2 is 1.96 bits per heavy atom. The Hall–Kier alpha value is -1.99. The first kappa shape index (κ1) is 18.4. The Morgan fingerprint density at radius 3 is 2.81 bits per heavy atom. The summed E-state index contributed by atoms with van der Waals surface area (Å²) >= 11 is 0. The smallest absolute Gasteiger partial charge is 0.224 e. The second-order valence-corrected chi connectivity index (χ2v) is 7.40. The van der Waals surface area contributed by atoms with E-state index in [9.17, 15) is 4.79 Å². The first-order valence-electron chi connectivity index (χ1n) is 10.1. The van der Waals surface area contributed by atoms with Gasteiger partial charge in [-0.1, -0.05) is 0 Å². The van der Waals surface area contributed by atoms with Gasteiger partial charge in [-0.15, -0.1) is 0 Å². The Morgan fingerprint density at radius 1 is 1.07 bits per heavy atom. The summed E-state index contributed by atoms with van der Waals surface area (Å²) in [4.78, 5) is 20.2. The SMILES string of the molecule is O=C(CCN1CCCCO1)N1CCCC(Nc2ccc3c(c2)OCCO3)C1. The van der Waals surface area contributed by atoms with Crippen LogP contribution in [0.3, 0.4) is 0 Å². The third kappa shape index (κ3) is 4.84. The molecule has 1 amide bonds. The summed E-state index contributed by atoms with van der Waals surface area (Å²) in [5.41, 5.74) is 1.01. The zero-order chi connectivity index (χ0) is 18.5. The van der Waals surface area contributed by atoms with Crippen molar-refractivity contribution in [2.24, 2.45) is 0 Å². The molecule has 4 rings (SSSR count). The van der Waals surface area contributed by atoms with Crippen LogP contribution >= 0.6 is 0 Å². The van der Waals surface area contributed by atoms with E-state index in [4.69, 9.17) is 14.3 Å². The van der Waals surface area contributed by atoms with Gasteiger partial charge in [-0.2, -0.15) is 5.06 Å². The van der Waals surface area contributed by atoms with Gasteiger partial charge in [-0.3, -0.25) is 9.63 Å². The lowest BCUT2D eigenvalue weighted by molar-refractivity contribution is -0.182. The number of benzene rings is 1. The molecule has 2 saturated heterocycles. The van der Waals surface area contributed by atoms with Crippen LogP contribution in [0.2, 0.25) is 0 Å². The molecule has 1 aromatic rings. The summed E-state index contributed by atoms with van der Waals surface area (Å²) in [6, 6.07) is 6.21. The van der Waals surface area contributed by atoms with Crippen molar-refractivity contribution in [2.75, 3.05) is 51.3 Å². The molecule has 7 nitrogen and oxygen atoms in total. The molecule has 0 aromatic heterocycles. The number of piperidine rings is 1. The van der Waals surface area contributed by atoms with E-state index in [1.807, 2.05) is 28.2 Å². The molecule has 0 bridgehead atoms. The standard InChI is InChI=1S/C20H29N3O4/c24-20(7-10-23-9-1-2-11-27-23)22-8-3-4-17(15-22)21-16-5-6-18-19(14-16)26-13-12-25-18/h5-6,14,17,21H,1-4,7-13,15H2. The third-order valence-corrected chi connectivity index (χ3v) is 5.34. The van der Waals surface area contributed by atoms with Gasteiger partial charge in [-0.05, 0) is 37.8 Å². The predicted molar refractivity (Wildman–Crippen MR) is 102 cm³/mol. The molecule has 1 aromatic carbocycles. The topological polar surface area (TPSA) is 63.3 Å². The van der Waals surface area contributed by atoms with Crippen molar-refractivity contribution in [3.05, 3.63) is 18.2 Å². The van der Waals surface area contributed by atoms with Crippen molar-refractivity contribution in [2.45, 2.75) is 38.1 Å². The average molecular weight is 375 g/mol. The number of hydrogen-bond donors (Lipinski definition) is 1. The number of anilines is 1. The Balaban J connectivity index is 1.28. The Kier molecular flexibility index (Phi) is 5.99. The molecule has 1 N–H and O–H groups in total. The average Bonchev–Trinajstić information content (AvgIpc) is 2.73. The van der Waals surface area contributed by atoms with Crippen LogP contribution in [-0.2, 0) is 9.63 Å². The number of nitrogens with zero attached hydrogens (tertiary/aromatic N) is 2. The number of carbonyl (C=O) groups excluding carboxylic acids is 1. The first-order chi connectivity index (χ1) is 13.3. The quantitative estimate of drug-likeness (QED) is 0.852. The molecular weight excluding hydrogens is 346 g/mol. The van der Waals surface area contributed by atoms with Crippen LogP contribution in [0.4, 0.5) is 5.69 Å². The van der Waals surface area contributed by atoms with E-state index < -0.39 is 0 Å². The number of ether oxygens (including phenoxy) is 2. The molecule has 7 heteroatoms. The maximum atomic E-state index is 12.6. The molecular formula is C20H29N3O4. The summed E-state index contributed by atoms with van der Waals surface area (Å²) in [5, 5.41) is 5.50. The number of nitrogens with one attached hydrogen (secondary N) is 1. The van der Waals surface area contributed by atoms with Gasteiger partial charge in [0.1, 0.15) is 13.2 Å². The van der Waals surface area contributed by atoms with Crippen molar-refractivity contribution in [1.82, 2.24) is 9.96 Å². The van der Waals surface area contributed by atoms with Crippen molar-refractivity contribution < 1.29 is 19.1 Å². The molecule has 3 aliphatic rings. The monoisotopic (exact) mass is 375 g/mol. The van der Waals surface area contributed by atoms with Crippen LogP contribution < -0.4 is 14.8 Å². The van der Waals surface area contributed by atoms with E-state index in [1.165, 1.54) is 0 Å². The number of amides is 1. The number of fused-ring (bicyclic) bond motifs is 1. The minimum Gasteiger partial charge on any atom is -0.486 e. The largest absolute Gasteiger partial charge is 0.486 e. The van der Waals surface area contributed by atoms with E-state index >= 15 is 0 Å².